The molecule has 0 aliphatic heterocycles. The van der Waals surface area contributed by atoms with Crippen LogP contribution in [0.4, 0.5) is 0 Å². The van der Waals surface area contributed by atoms with Gasteiger partial charge in [0.2, 0.25) is 0 Å². The molecule has 2 atom stereocenters. The Morgan fingerprint density at radius 1 is 0.923 bits per heavy atom. The third kappa shape index (κ3) is 11.9. The lowest BCUT2D eigenvalue weighted by Gasteiger charge is -2.21. The third-order valence-corrected chi connectivity index (χ3v) is 1.73. The highest BCUT2D eigenvalue weighted by molar-refractivity contribution is 4.65. The lowest BCUT2D eigenvalue weighted by Crippen LogP contribution is -2.46. The van der Waals surface area contributed by atoms with Crippen molar-refractivity contribution in [1.29, 1.82) is 0 Å². The lowest BCUT2D eigenvalue weighted by molar-refractivity contribution is 0.374. The topological polar surface area (TPSA) is 24.1 Å². The maximum Gasteiger partial charge on any atom is 0.0546 e. The van der Waals surface area contributed by atoms with E-state index in [1.807, 2.05) is 13.8 Å². The van der Waals surface area contributed by atoms with Crippen LogP contribution in [-0.4, -0.2) is 18.2 Å². The molecular formula is C11H28N2. The number of nitrogens with one attached hydrogen (secondary N) is 2. The highest BCUT2D eigenvalue weighted by Gasteiger charge is 2.04. The van der Waals surface area contributed by atoms with Gasteiger partial charge in [0.15, 0.2) is 0 Å². The third-order valence-electron chi connectivity index (χ3n) is 1.73. The summed E-state index contributed by atoms with van der Waals surface area (Å²) in [4.78, 5) is 0. The Labute approximate surface area is 84.5 Å². The van der Waals surface area contributed by atoms with Gasteiger partial charge in [0, 0.05) is 12.1 Å². The molecule has 2 unspecified atom stereocenters. The van der Waals surface area contributed by atoms with E-state index in [0.717, 1.165) is 0 Å². The van der Waals surface area contributed by atoms with E-state index < -0.39 is 0 Å². The predicted octanol–water partition coefficient (Wildman–Crippen LogP) is 2.74. The van der Waals surface area contributed by atoms with E-state index in [9.17, 15) is 0 Å². The molecule has 0 saturated heterocycles. The van der Waals surface area contributed by atoms with Crippen molar-refractivity contribution in [3.05, 3.63) is 0 Å². The van der Waals surface area contributed by atoms with Crippen LogP contribution in [0.5, 0.6) is 0 Å². The fraction of sp³-hybridized carbons (Fsp3) is 1.00. The van der Waals surface area contributed by atoms with Gasteiger partial charge >= 0.3 is 0 Å². The summed E-state index contributed by atoms with van der Waals surface area (Å²) in [5.41, 5.74) is 0. The minimum absolute atomic E-state index is 0.421. The molecule has 0 saturated carbocycles. The van der Waals surface area contributed by atoms with Crippen LogP contribution in [0, 0.1) is 0 Å². The van der Waals surface area contributed by atoms with Crippen LogP contribution >= 0.6 is 0 Å². The second kappa shape index (κ2) is 10.0. The van der Waals surface area contributed by atoms with Crippen molar-refractivity contribution in [3.63, 3.8) is 0 Å². The van der Waals surface area contributed by atoms with Gasteiger partial charge in [0.05, 0.1) is 6.17 Å². The Kier molecular flexibility index (Phi) is 11.8. The normalized spacial score (nSPS) is 14.8. The zero-order chi connectivity index (χ0) is 10.9. The number of rotatable bonds is 5. The second-order valence-corrected chi connectivity index (χ2v) is 3.52. The second-order valence-electron chi connectivity index (χ2n) is 3.52. The van der Waals surface area contributed by atoms with Crippen molar-refractivity contribution in [3.8, 4) is 0 Å². The zero-order valence-corrected chi connectivity index (χ0v) is 10.4. The van der Waals surface area contributed by atoms with E-state index in [-0.39, 0.29) is 0 Å². The van der Waals surface area contributed by atoms with Crippen LogP contribution in [0.2, 0.25) is 0 Å². The first-order valence-electron chi connectivity index (χ1n) is 5.58. The van der Waals surface area contributed by atoms with Gasteiger partial charge in [-0.1, -0.05) is 20.8 Å². The van der Waals surface area contributed by atoms with Crippen LogP contribution in [-0.2, 0) is 0 Å². The molecule has 0 amide bonds. The molecule has 2 nitrogen and oxygen atoms in total. The molecular weight excluding hydrogens is 160 g/mol. The smallest absolute Gasteiger partial charge is 0.0546 e. The largest absolute Gasteiger partial charge is 0.300 e. The fourth-order valence-corrected chi connectivity index (χ4v) is 1.09. The van der Waals surface area contributed by atoms with E-state index in [2.05, 4.69) is 45.3 Å². The Balaban J connectivity index is 0. The average Bonchev–Trinajstić information content (AvgIpc) is 2.06. The molecule has 0 aliphatic carbocycles. The van der Waals surface area contributed by atoms with Gasteiger partial charge in [-0.3, -0.25) is 10.6 Å². The molecule has 13 heavy (non-hydrogen) atoms. The molecule has 0 aromatic carbocycles. The van der Waals surface area contributed by atoms with Gasteiger partial charge in [-0.15, -0.1) is 0 Å². The monoisotopic (exact) mass is 188 g/mol. The molecule has 0 aromatic rings. The van der Waals surface area contributed by atoms with Gasteiger partial charge in [-0.25, -0.2) is 0 Å². The summed E-state index contributed by atoms with van der Waals surface area (Å²) in [6.45, 7) is 14.9. The molecule has 0 spiro atoms. The lowest BCUT2D eigenvalue weighted by atomic mass is 10.2. The standard InChI is InChI=1S/C9H22N2.C2H6/c1-6-8(4)11-9(5)10-7(2)3;1-2/h7-11H,6H2,1-5H3;1-2H3. The summed E-state index contributed by atoms with van der Waals surface area (Å²) >= 11 is 0. The summed E-state index contributed by atoms with van der Waals surface area (Å²) < 4.78 is 0. The van der Waals surface area contributed by atoms with Gasteiger partial charge in [0.25, 0.3) is 0 Å². The van der Waals surface area contributed by atoms with Crippen LogP contribution in [0.1, 0.15) is 54.9 Å². The van der Waals surface area contributed by atoms with Gasteiger partial charge in [-0.05, 0) is 34.1 Å². The highest BCUT2D eigenvalue weighted by Crippen LogP contribution is 1.90. The van der Waals surface area contributed by atoms with E-state index in [0.29, 0.717) is 18.2 Å². The summed E-state index contributed by atoms with van der Waals surface area (Å²) in [6.07, 6.45) is 1.61. The van der Waals surface area contributed by atoms with Crippen molar-refractivity contribution >= 4 is 0 Å². The summed E-state index contributed by atoms with van der Waals surface area (Å²) in [5, 5.41) is 6.85. The first kappa shape index (κ1) is 15.4. The van der Waals surface area contributed by atoms with Crippen molar-refractivity contribution in [2.45, 2.75) is 73.1 Å². The van der Waals surface area contributed by atoms with E-state index in [4.69, 9.17) is 0 Å². The van der Waals surface area contributed by atoms with Crippen LogP contribution < -0.4 is 10.6 Å². The molecule has 0 rings (SSSR count). The van der Waals surface area contributed by atoms with Crippen molar-refractivity contribution in [2.24, 2.45) is 0 Å². The summed E-state index contributed by atoms with van der Waals surface area (Å²) in [7, 11) is 0. The minimum atomic E-state index is 0.421. The Morgan fingerprint density at radius 2 is 1.38 bits per heavy atom. The van der Waals surface area contributed by atoms with Crippen molar-refractivity contribution in [2.75, 3.05) is 0 Å². The molecule has 2 heteroatoms. The fourth-order valence-electron chi connectivity index (χ4n) is 1.09. The molecule has 0 aliphatic rings. The number of hydrogen-bond donors (Lipinski definition) is 2. The quantitative estimate of drug-likeness (QED) is 0.648. The van der Waals surface area contributed by atoms with Crippen LogP contribution in [0.25, 0.3) is 0 Å². The SMILES string of the molecule is CC.CCC(C)NC(C)NC(C)C. The summed E-state index contributed by atoms with van der Waals surface area (Å²) in [5.74, 6) is 0. The van der Waals surface area contributed by atoms with Crippen LogP contribution in [0.3, 0.4) is 0 Å². The first-order valence-corrected chi connectivity index (χ1v) is 5.58. The van der Waals surface area contributed by atoms with E-state index >= 15 is 0 Å². The maximum atomic E-state index is 3.45. The molecule has 82 valence electrons. The van der Waals surface area contributed by atoms with Gasteiger partial charge < -0.3 is 0 Å². The minimum Gasteiger partial charge on any atom is -0.300 e. The molecule has 0 aromatic heterocycles. The van der Waals surface area contributed by atoms with E-state index in [1.54, 1.807) is 0 Å². The maximum absolute atomic E-state index is 3.45. The molecule has 2 N–H and O–H groups in total. The highest BCUT2D eigenvalue weighted by atomic mass is 15.1. The Bertz CT molecular complexity index is 92.1. The number of hydrogen-bond acceptors (Lipinski definition) is 2. The summed E-state index contributed by atoms with van der Waals surface area (Å²) in [6, 6.07) is 1.16. The predicted molar refractivity (Wildman–Crippen MR) is 62.0 cm³/mol. The average molecular weight is 188 g/mol. The van der Waals surface area contributed by atoms with E-state index in [1.165, 1.54) is 6.42 Å². The Morgan fingerprint density at radius 3 is 1.69 bits per heavy atom. The zero-order valence-electron chi connectivity index (χ0n) is 10.4. The molecule has 0 heterocycles. The molecule has 0 radical (unpaired) electrons. The Hall–Kier alpha value is -0.0800. The van der Waals surface area contributed by atoms with Gasteiger partial charge in [0.1, 0.15) is 0 Å². The molecule has 0 bridgehead atoms. The van der Waals surface area contributed by atoms with Crippen LogP contribution in [0.15, 0.2) is 0 Å². The van der Waals surface area contributed by atoms with Gasteiger partial charge in [-0.2, -0.15) is 0 Å². The van der Waals surface area contributed by atoms with Crippen molar-refractivity contribution in [1.82, 2.24) is 10.6 Å². The molecule has 0 fully saturated rings. The van der Waals surface area contributed by atoms with Crippen molar-refractivity contribution < 1.29 is 0 Å². The first-order chi connectivity index (χ1) is 6.06.